The van der Waals surface area contributed by atoms with Crippen molar-refractivity contribution in [1.29, 1.82) is 0 Å². The Balaban J connectivity index is 1.59. The molecule has 2 aliphatic rings. The van der Waals surface area contributed by atoms with Crippen LogP contribution in [0, 0.1) is 5.41 Å². The Morgan fingerprint density at radius 3 is 2.71 bits per heavy atom. The summed E-state index contributed by atoms with van der Waals surface area (Å²) in [5.41, 5.74) is 2.30. The van der Waals surface area contributed by atoms with Crippen LogP contribution in [-0.4, -0.2) is 25.1 Å². The minimum Gasteiger partial charge on any atom is -0.311 e. The molecular formula is C23H21Cl3N2O4S2. The third kappa shape index (κ3) is 5.21. The van der Waals surface area contributed by atoms with E-state index in [0.29, 0.717) is 24.4 Å². The maximum atomic E-state index is 12.9. The van der Waals surface area contributed by atoms with E-state index in [1.54, 1.807) is 17.0 Å². The lowest BCUT2D eigenvalue weighted by molar-refractivity contribution is -0.127. The Morgan fingerprint density at radius 1 is 1.26 bits per heavy atom. The van der Waals surface area contributed by atoms with Gasteiger partial charge in [-0.25, -0.2) is 13.1 Å². The first-order valence-corrected chi connectivity index (χ1v) is 13.9. The van der Waals surface area contributed by atoms with Crippen LogP contribution in [0.15, 0.2) is 58.0 Å². The summed E-state index contributed by atoms with van der Waals surface area (Å²) in [6.07, 6.45) is 5.58. The number of carbonyl (C=O) groups is 2. The molecule has 0 radical (unpaired) electrons. The molecule has 180 valence electrons. The second-order valence-corrected chi connectivity index (χ2v) is 13.0. The Labute approximate surface area is 217 Å². The molecule has 1 atom stereocenters. The van der Waals surface area contributed by atoms with E-state index in [4.69, 9.17) is 34.8 Å². The molecule has 2 amide bonds. The van der Waals surface area contributed by atoms with Crippen molar-refractivity contribution in [3.63, 3.8) is 0 Å². The second-order valence-electron chi connectivity index (χ2n) is 8.56. The van der Waals surface area contributed by atoms with Gasteiger partial charge >= 0.3 is 0 Å². The molecule has 1 aromatic carbocycles. The highest BCUT2D eigenvalue weighted by molar-refractivity contribution is 7.92. The maximum Gasteiger partial charge on any atom is 0.273 e. The Morgan fingerprint density at radius 2 is 2.03 bits per heavy atom. The van der Waals surface area contributed by atoms with Crippen molar-refractivity contribution in [2.45, 2.75) is 43.4 Å². The molecule has 34 heavy (non-hydrogen) atoms. The molecule has 1 N–H and O–H groups in total. The van der Waals surface area contributed by atoms with Gasteiger partial charge in [-0.05, 0) is 48.6 Å². The number of amides is 2. The number of rotatable bonds is 6. The van der Waals surface area contributed by atoms with Crippen LogP contribution in [0.2, 0.25) is 14.4 Å². The summed E-state index contributed by atoms with van der Waals surface area (Å²) in [5.74, 6) is -0.782. The molecular weight excluding hydrogens is 539 g/mol. The summed E-state index contributed by atoms with van der Waals surface area (Å²) in [6, 6.07) is 8.55. The predicted octanol–water partition coefficient (Wildman–Crippen LogP) is 5.95. The number of halogens is 3. The summed E-state index contributed by atoms with van der Waals surface area (Å²) in [7, 11) is -4.10. The largest absolute Gasteiger partial charge is 0.311 e. The van der Waals surface area contributed by atoms with E-state index < -0.39 is 15.9 Å². The van der Waals surface area contributed by atoms with Gasteiger partial charge in [0.15, 0.2) is 0 Å². The number of carbonyl (C=O) groups excluding carboxylic acids is 2. The normalized spacial score (nSPS) is 20.8. The number of fused-ring (bicyclic) bond motifs is 1. The first kappa shape index (κ1) is 25.3. The van der Waals surface area contributed by atoms with Crippen molar-refractivity contribution in [3.05, 3.63) is 73.7 Å². The summed E-state index contributed by atoms with van der Waals surface area (Å²) >= 11 is 18.6. The molecule has 1 aliphatic heterocycles. The summed E-state index contributed by atoms with van der Waals surface area (Å²) in [4.78, 5) is 27.2. The number of hydrogen-bond acceptors (Lipinski definition) is 5. The zero-order chi connectivity index (χ0) is 24.7. The fraction of sp³-hybridized carbons (Fsp3) is 0.304. The number of likely N-dealkylation sites (tertiary alicyclic amines) is 1. The molecule has 0 spiro atoms. The molecule has 1 saturated heterocycles. The van der Waals surface area contributed by atoms with Crippen molar-refractivity contribution >= 4 is 68.0 Å². The topological polar surface area (TPSA) is 83.6 Å². The highest BCUT2D eigenvalue weighted by Gasteiger charge is 2.46. The van der Waals surface area contributed by atoms with E-state index in [0.717, 1.165) is 41.0 Å². The molecule has 6 nitrogen and oxygen atoms in total. The van der Waals surface area contributed by atoms with Gasteiger partial charge in [-0.2, -0.15) is 0 Å². The van der Waals surface area contributed by atoms with Gasteiger partial charge in [0.2, 0.25) is 5.91 Å². The second kappa shape index (κ2) is 9.66. The van der Waals surface area contributed by atoms with Crippen LogP contribution in [0.5, 0.6) is 0 Å². The van der Waals surface area contributed by atoms with E-state index in [1.807, 2.05) is 22.9 Å². The first-order chi connectivity index (χ1) is 16.0. The van der Waals surface area contributed by atoms with Crippen molar-refractivity contribution < 1.29 is 18.0 Å². The van der Waals surface area contributed by atoms with Gasteiger partial charge in [0.05, 0.1) is 11.6 Å². The summed E-state index contributed by atoms with van der Waals surface area (Å²) in [6.45, 7) is 2.43. The van der Waals surface area contributed by atoms with E-state index >= 15 is 0 Å². The zero-order valence-corrected chi connectivity index (χ0v) is 22.0. The number of hydrogen-bond donors (Lipinski definition) is 1. The van der Waals surface area contributed by atoms with Gasteiger partial charge in [-0.15, -0.1) is 11.3 Å². The lowest BCUT2D eigenvalue weighted by Gasteiger charge is -2.34. The number of nitrogens with one attached hydrogen (secondary N) is 1. The molecule has 4 rings (SSSR count). The zero-order valence-electron chi connectivity index (χ0n) is 18.1. The first-order valence-electron chi connectivity index (χ1n) is 10.5. The van der Waals surface area contributed by atoms with Crippen molar-refractivity contribution in [3.8, 4) is 0 Å². The lowest BCUT2D eigenvalue weighted by atomic mass is 9.74. The summed E-state index contributed by atoms with van der Waals surface area (Å²) in [5, 5.41) is 0.699. The van der Waals surface area contributed by atoms with Gasteiger partial charge in [0.1, 0.15) is 8.55 Å². The average molecular weight is 560 g/mol. The molecule has 1 aromatic heterocycles. The van der Waals surface area contributed by atoms with Crippen LogP contribution in [0.25, 0.3) is 0 Å². The van der Waals surface area contributed by atoms with E-state index in [1.165, 1.54) is 12.1 Å². The van der Waals surface area contributed by atoms with Crippen molar-refractivity contribution in [2.75, 3.05) is 0 Å². The highest BCUT2D eigenvalue weighted by atomic mass is 35.5. The van der Waals surface area contributed by atoms with E-state index in [2.05, 4.69) is 6.92 Å². The van der Waals surface area contributed by atoms with Gasteiger partial charge in [-0.3, -0.25) is 9.59 Å². The third-order valence-electron chi connectivity index (χ3n) is 5.95. The monoisotopic (exact) mass is 558 g/mol. The standard InChI is InChI=1S/C23H21Cl3N2O4S2/c1-23-9-3-5-15(7-8-18(29)27-34(31,32)20-11-17(25)22(26)33-20)21(23)28(19(30)12-23)13-14-4-2-6-16(24)10-14/h2,4,6-8,10-11H,3,5,9,12-13H2,1H3,(H,27,29)/b8-7+. The van der Waals surface area contributed by atoms with Crippen LogP contribution in [0.3, 0.4) is 0 Å². The fourth-order valence-corrected chi connectivity index (χ4v) is 7.56. The molecule has 2 aromatic rings. The lowest BCUT2D eigenvalue weighted by Crippen LogP contribution is -2.29. The Bertz CT molecular complexity index is 1310. The number of nitrogens with zero attached hydrogens (tertiary/aromatic N) is 1. The predicted molar refractivity (Wildman–Crippen MR) is 134 cm³/mol. The molecule has 0 bridgehead atoms. The average Bonchev–Trinajstić information content (AvgIpc) is 3.22. The minimum absolute atomic E-state index is 0.0174. The molecule has 0 saturated carbocycles. The maximum absolute atomic E-state index is 12.9. The van der Waals surface area contributed by atoms with Crippen molar-refractivity contribution in [1.82, 2.24) is 9.62 Å². The number of allylic oxidation sites excluding steroid dienone is 3. The highest BCUT2D eigenvalue weighted by Crippen LogP contribution is 2.50. The van der Waals surface area contributed by atoms with Crippen LogP contribution in [0.4, 0.5) is 0 Å². The Hall–Kier alpha value is -1.84. The molecule has 1 aliphatic carbocycles. The van der Waals surface area contributed by atoms with Crippen LogP contribution in [0.1, 0.15) is 38.2 Å². The smallest absolute Gasteiger partial charge is 0.273 e. The van der Waals surface area contributed by atoms with Crippen LogP contribution < -0.4 is 4.72 Å². The molecule has 2 heterocycles. The summed E-state index contributed by atoms with van der Waals surface area (Å²) < 4.78 is 26.9. The number of benzene rings is 1. The third-order valence-corrected chi connectivity index (χ3v) is 9.87. The minimum atomic E-state index is -4.10. The van der Waals surface area contributed by atoms with Gasteiger partial charge < -0.3 is 4.90 Å². The van der Waals surface area contributed by atoms with Crippen LogP contribution >= 0.6 is 46.1 Å². The molecule has 11 heteroatoms. The van der Waals surface area contributed by atoms with Crippen molar-refractivity contribution in [2.24, 2.45) is 5.41 Å². The quantitative estimate of drug-likeness (QED) is 0.444. The Kier molecular flexibility index (Phi) is 7.18. The molecule has 1 unspecified atom stereocenters. The van der Waals surface area contributed by atoms with E-state index in [9.17, 15) is 18.0 Å². The number of sulfonamides is 1. The van der Waals surface area contributed by atoms with E-state index in [-0.39, 0.29) is 24.9 Å². The van der Waals surface area contributed by atoms with Gasteiger partial charge in [0.25, 0.3) is 15.9 Å². The molecule has 1 fully saturated rings. The van der Waals surface area contributed by atoms with Gasteiger partial charge in [-0.1, -0.05) is 59.9 Å². The SMILES string of the molecule is CC12CCCC(/C=C/C(=O)NS(=O)(=O)c3cc(Cl)c(Cl)s3)=C1N(Cc1cccc(Cl)c1)C(=O)C2. The van der Waals surface area contributed by atoms with Crippen LogP contribution in [-0.2, 0) is 26.2 Å². The fourth-order valence-electron chi connectivity index (χ4n) is 4.52. The number of thiophene rings is 1. The van der Waals surface area contributed by atoms with Gasteiger partial charge in [0, 0.05) is 28.6 Å².